The normalized spacial score (nSPS) is 15.1. The molecule has 8 nitrogen and oxygen atoms in total. The van der Waals surface area contributed by atoms with Crippen LogP contribution in [0.4, 0.5) is 18.9 Å². The van der Waals surface area contributed by atoms with Gasteiger partial charge in [-0.05, 0) is 60.0 Å². The molecule has 14 heteroatoms. The molecule has 1 heterocycles. The molecule has 0 saturated carbocycles. The van der Waals surface area contributed by atoms with E-state index in [1.54, 1.807) is 31.2 Å². The molecule has 0 bridgehead atoms. The maximum atomic E-state index is 13.6. The number of likely N-dealkylation sites (tertiary alicyclic amines) is 1. The first-order valence-corrected chi connectivity index (χ1v) is 15.6. The molecule has 4 rings (SSSR count). The highest BCUT2D eigenvalue weighted by atomic mass is 35.5. The van der Waals surface area contributed by atoms with Gasteiger partial charge in [-0.1, -0.05) is 54.4 Å². The van der Waals surface area contributed by atoms with Gasteiger partial charge in [0.2, 0.25) is 15.9 Å². The third kappa shape index (κ3) is 8.41. The molecule has 4 N–H and O–H groups in total. The number of benzene rings is 3. The van der Waals surface area contributed by atoms with Crippen molar-refractivity contribution in [2.75, 3.05) is 23.6 Å². The summed E-state index contributed by atoms with van der Waals surface area (Å²) >= 11 is 12.1. The van der Waals surface area contributed by atoms with Crippen molar-refractivity contribution in [3.8, 4) is 0 Å². The maximum absolute atomic E-state index is 13.6. The van der Waals surface area contributed by atoms with Crippen molar-refractivity contribution in [1.82, 2.24) is 10.2 Å². The molecule has 43 heavy (non-hydrogen) atoms. The summed E-state index contributed by atoms with van der Waals surface area (Å²) in [7, 11) is -4.11. The Kier molecular flexibility index (Phi) is 9.95. The fraction of sp³-hybridized carbons (Fsp3) is 0.310. The lowest BCUT2D eigenvalue weighted by molar-refractivity contribution is -0.137. The molecule has 3 aromatic rings. The van der Waals surface area contributed by atoms with Crippen molar-refractivity contribution in [1.29, 1.82) is 0 Å². The molecule has 1 aliphatic rings. The van der Waals surface area contributed by atoms with Crippen molar-refractivity contribution in [3.05, 3.63) is 99.0 Å². The first-order valence-electron chi connectivity index (χ1n) is 13.2. The molecule has 0 aromatic heterocycles. The molecular weight excluding hydrogens is 628 g/mol. The Morgan fingerprint density at radius 1 is 0.977 bits per heavy atom. The number of carbonyl (C=O) groups is 2. The summed E-state index contributed by atoms with van der Waals surface area (Å²) in [5, 5.41) is 3.42. The third-order valence-corrected chi connectivity index (χ3v) is 8.99. The lowest BCUT2D eigenvalue weighted by Gasteiger charge is -2.44. The van der Waals surface area contributed by atoms with Crippen molar-refractivity contribution >= 4 is 50.7 Å². The molecule has 1 aliphatic heterocycles. The predicted octanol–water partition coefficient (Wildman–Crippen LogP) is 5.47. The van der Waals surface area contributed by atoms with Crippen LogP contribution in [0.25, 0.3) is 0 Å². The summed E-state index contributed by atoms with van der Waals surface area (Å²) < 4.78 is 69.1. The standard InChI is InChI=1S/C29H29Cl2F3N4O4S/c1-2-25(27(35)39)36-28(40)20-11-21(29(32,33)34)13-24(12-20)37-43(41,42)16-17-14-38(15-17)26(18-3-7-22(30)8-4-18)19-5-9-23(31)10-6-19/h3-13,17,25-26,37H,2,14-16H2,1H3,(H2,35,39)(H,36,40). The third-order valence-electron chi connectivity index (χ3n) is 7.03. The van der Waals surface area contributed by atoms with Crippen LogP contribution in [0.5, 0.6) is 0 Å². The van der Waals surface area contributed by atoms with Crippen LogP contribution in [0, 0.1) is 5.92 Å². The van der Waals surface area contributed by atoms with Gasteiger partial charge in [0, 0.05) is 40.3 Å². The molecule has 2 amide bonds. The lowest BCUT2D eigenvalue weighted by atomic mass is 9.91. The number of nitrogens with one attached hydrogen (secondary N) is 2. The quantitative estimate of drug-likeness (QED) is 0.253. The molecule has 0 radical (unpaired) electrons. The summed E-state index contributed by atoms with van der Waals surface area (Å²) in [5.74, 6) is -2.52. The minimum Gasteiger partial charge on any atom is -0.368 e. The van der Waals surface area contributed by atoms with Crippen LogP contribution < -0.4 is 15.8 Å². The Morgan fingerprint density at radius 2 is 1.51 bits per heavy atom. The van der Waals surface area contributed by atoms with Gasteiger partial charge in [-0.25, -0.2) is 8.42 Å². The second kappa shape index (κ2) is 13.1. The molecule has 3 aromatic carbocycles. The smallest absolute Gasteiger partial charge is 0.368 e. The number of carbonyl (C=O) groups excluding carboxylic acids is 2. The zero-order valence-corrected chi connectivity index (χ0v) is 25.2. The van der Waals surface area contributed by atoms with E-state index in [2.05, 4.69) is 14.9 Å². The average Bonchev–Trinajstić information content (AvgIpc) is 2.91. The van der Waals surface area contributed by atoms with Gasteiger partial charge >= 0.3 is 6.18 Å². The van der Waals surface area contributed by atoms with Crippen molar-refractivity contribution in [2.24, 2.45) is 11.7 Å². The van der Waals surface area contributed by atoms with Crippen LogP contribution >= 0.6 is 23.2 Å². The highest BCUT2D eigenvalue weighted by Crippen LogP contribution is 2.36. The van der Waals surface area contributed by atoms with Crippen LogP contribution in [0.15, 0.2) is 66.7 Å². The second-order valence-electron chi connectivity index (χ2n) is 10.3. The van der Waals surface area contributed by atoms with Crippen molar-refractivity contribution in [2.45, 2.75) is 31.6 Å². The fourth-order valence-electron chi connectivity index (χ4n) is 4.96. The number of hydrogen-bond acceptors (Lipinski definition) is 5. The summed E-state index contributed by atoms with van der Waals surface area (Å²) in [6.45, 7) is 2.37. The van der Waals surface area contributed by atoms with Gasteiger partial charge in [-0.15, -0.1) is 0 Å². The fourth-order valence-corrected chi connectivity index (χ4v) is 6.60. The number of amides is 2. The van der Waals surface area contributed by atoms with E-state index in [0.717, 1.165) is 17.2 Å². The zero-order valence-electron chi connectivity index (χ0n) is 22.9. The number of sulfonamides is 1. The predicted molar refractivity (Wildman–Crippen MR) is 159 cm³/mol. The second-order valence-corrected chi connectivity index (χ2v) is 13.0. The van der Waals surface area contributed by atoms with E-state index in [1.807, 2.05) is 24.3 Å². The highest BCUT2D eigenvalue weighted by molar-refractivity contribution is 7.92. The van der Waals surface area contributed by atoms with Gasteiger partial charge in [0.15, 0.2) is 0 Å². The Balaban J connectivity index is 1.49. The minimum absolute atomic E-state index is 0.120. The summed E-state index contributed by atoms with van der Waals surface area (Å²) in [5.41, 5.74) is 4.98. The van der Waals surface area contributed by atoms with E-state index in [9.17, 15) is 31.2 Å². The summed E-state index contributed by atoms with van der Waals surface area (Å²) in [4.78, 5) is 26.2. The van der Waals surface area contributed by atoms with Gasteiger partial charge < -0.3 is 11.1 Å². The van der Waals surface area contributed by atoms with Crippen molar-refractivity contribution < 1.29 is 31.2 Å². The number of primary amides is 1. The summed E-state index contributed by atoms with van der Waals surface area (Å²) in [6.07, 6.45) is -4.74. The van der Waals surface area contributed by atoms with Crippen LogP contribution in [0.2, 0.25) is 10.0 Å². The van der Waals surface area contributed by atoms with Crippen LogP contribution in [0.3, 0.4) is 0 Å². The van der Waals surface area contributed by atoms with Gasteiger partial charge in [0.05, 0.1) is 17.4 Å². The monoisotopic (exact) mass is 656 g/mol. The number of halogens is 5. The average molecular weight is 658 g/mol. The Labute approximate surface area is 257 Å². The number of nitrogens with zero attached hydrogens (tertiary/aromatic N) is 1. The molecule has 0 aliphatic carbocycles. The number of alkyl halides is 3. The molecule has 0 spiro atoms. The Bertz CT molecular complexity index is 1540. The molecule has 1 fully saturated rings. The van der Waals surface area contributed by atoms with E-state index in [4.69, 9.17) is 28.9 Å². The maximum Gasteiger partial charge on any atom is 0.416 e. The lowest BCUT2D eigenvalue weighted by Crippen LogP contribution is -2.51. The first-order chi connectivity index (χ1) is 20.1. The highest BCUT2D eigenvalue weighted by Gasteiger charge is 2.37. The number of nitrogens with two attached hydrogens (primary N) is 1. The van der Waals surface area contributed by atoms with E-state index in [1.165, 1.54) is 0 Å². The van der Waals surface area contributed by atoms with Gasteiger partial charge in [-0.3, -0.25) is 19.2 Å². The zero-order chi connectivity index (χ0) is 31.5. The molecule has 1 saturated heterocycles. The van der Waals surface area contributed by atoms with E-state index < -0.39 is 50.9 Å². The summed E-state index contributed by atoms with van der Waals surface area (Å²) in [6, 6.07) is 15.5. The van der Waals surface area contributed by atoms with Crippen LogP contribution in [0.1, 0.15) is 46.4 Å². The van der Waals surface area contributed by atoms with Gasteiger partial charge in [0.1, 0.15) is 6.04 Å². The van der Waals surface area contributed by atoms with Crippen molar-refractivity contribution in [3.63, 3.8) is 0 Å². The van der Waals surface area contributed by atoms with E-state index in [0.29, 0.717) is 35.3 Å². The molecule has 1 unspecified atom stereocenters. The van der Waals surface area contributed by atoms with Crippen LogP contribution in [-0.4, -0.2) is 50.0 Å². The SMILES string of the molecule is CCC(NC(=O)c1cc(NS(=O)(=O)CC2CN(C(c3ccc(Cl)cc3)c3ccc(Cl)cc3)C2)cc(C(F)(F)F)c1)C(N)=O. The number of hydrogen-bond donors (Lipinski definition) is 3. The Hall–Kier alpha value is -3.32. The first kappa shape index (κ1) is 32.6. The van der Waals surface area contributed by atoms with Gasteiger partial charge in [0.25, 0.3) is 5.91 Å². The minimum atomic E-state index is -4.86. The molecule has 1 atom stereocenters. The van der Waals surface area contributed by atoms with E-state index in [-0.39, 0.29) is 24.1 Å². The van der Waals surface area contributed by atoms with Gasteiger partial charge in [-0.2, -0.15) is 13.2 Å². The topological polar surface area (TPSA) is 122 Å². The number of anilines is 1. The molecule has 230 valence electrons. The van der Waals surface area contributed by atoms with E-state index >= 15 is 0 Å². The number of rotatable bonds is 11. The Morgan fingerprint density at radius 3 is 1.98 bits per heavy atom. The largest absolute Gasteiger partial charge is 0.416 e. The molecular formula is C29H29Cl2F3N4O4S. The van der Waals surface area contributed by atoms with Crippen LogP contribution in [-0.2, 0) is 21.0 Å².